The summed E-state index contributed by atoms with van der Waals surface area (Å²) in [7, 11) is 1.21. The zero-order valence-corrected chi connectivity index (χ0v) is 14.6. The lowest BCUT2D eigenvalue weighted by molar-refractivity contribution is -0.139. The molecule has 1 atom stereocenters. The summed E-state index contributed by atoms with van der Waals surface area (Å²) in [5, 5.41) is 2.67. The van der Waals surface area contributed by atoms with Crippen LogP contribution in [0.2, 0.25) is 0 Å². The predicted molar refractivity (Wildman–Crippen MR) is 90.8 cm³/mol. The van der Waals surface area contributed by atoms with E-state index >= 15 is 0 Å². The van der Waals surface area contributed by atoms with Crippen molar-refractivity contribution in [3.8, 4) is 0 Å². The number of rotatable bonds is 8. The molecule has 25 heavy (non-hydrogen) atoms. The van der Waals surface area contributed by atoms with Crippen molar-refractivity contribution >= 4 is 18.0 Å². The Morgan fingerprint density at radius 2 is 1.72 bits per heavy atom. The molecule has 1 aromatic rings. The molecular weight excluding hydrogens is 326 g/mol. The molecule has 0 radical (unpaired) electrons. The van der Waals surface area contributed by atoms with E-state index in [1.54, 1.807) is 13.8 Å². The van der Waals surface area contributed by atoms with Crippen LogP contribution in [0.1, 0.15) is 19.4 Å². The van der Waals surface area contributed by atoms with Crippen LogP contribution in [0.5, 0.6) is 0 Å². The van der Waals surface area contributed by atoms with E-state index in [9.17, 15) is 14.4 Å². The quantitative estimate of drug-likeness (QED) is 0.438. The molecule has 0 bridgehead atoms. The van der Waals surface area contributed by atoms with Crippen LogP contribution < -0.4 is 5.32 Å². The number of carbonyl (C=O) groups excluding carboxylic acids is 3. The van der Waals surface area contributed by atoms with Crippen molar-refractivity contribution in [1.82, 2.24) is 5.32 Å². The van der Waals surface area contributed by atoms with Gasteiger partial charge in [0.05, 0.1) is 19.3 Å². The van der Waals surface area contributed by atoms with Crippen LogP contribution in [0.15, 0.2) is 42.5 Å². The molecule has 1 rings (SSSR count). The van der Waals surface area contributed by atoms with Gasteiger partial charge in [0.1, 0.15) is 6.61 Å². The van der Waals surface area contributed by atoms with Gasteiger partial charge >= 0.3 is 18.0 Å². The molecular formula is C18H23NO6. The molecule has 0 heterocycles. The Morgan fingerprint density at radius 1 is 1.08 bits per heavy atom. The number of alkyl carbamates (subject to hydrolysis) is 1. The minimum atomic E-state index is -0.706. The van der Waals surface area contributed by atoms with Crippen molar-refractivity contribution in [2.75, 3.05) is 13.7 Å². The summed E-state index contributed by atoms with van der Waals surface area (Å²) in [5.74, 6) is -1.36. The van der Waals surface area contributed by atoms with Gasteiger partial charge in [0, 0.05) is 12.2 Å². The van der Waals surface area contributed by atoms with Gasteiger partial charge < -0.3 is 19.5 Å². The summed E-state index contributed by atoms with van der Waals surface area (Å²) in [6.45, 7) is 3.42. The number of hydrogen-bond donors (Lipinski definition) is 1. The van der Waals surface area contributed by atoms with Crippen molar-refractivity contribution in [2.45, 2.75) is 32.4 Å². The summed E-state index contributed by atoms with van der Waals surface area (Å²) in [4.78, 5) is 34.4. The second-order valence-electron chi connectivity index (χ2n) is 5.47. The molecule has 0 aliphatic heterocycles. The monoisotopic (exact) mass is 349 g/mol. The van der Waals surface area contributed by atoms with E-state index in [0.717, 1.165) is 17.7 Å². The van der Waals surface area contributed by atoms with Crippen LogP contribution in [0.3, 0.4) is 0 Å². The highest BCUT2D eigenvalue weighted by atomic mass is 16.6. The predicted octanol–water partition coefficient (Wildman–Crippen LogP) is 2.00. The normalized spacial score (nSPS) is 11.8. The Kier molecular flexibility index (Phi) is 8.78. The Bertz CT molecular complexity index is 597. The Labute approximate surface area is 146 Å². The molecule has 0 aliphatic rings. The van der Waals surface area contributed by atoms with Crippen molar-refractivity contribution < 1.29 is 28.6 Å². The van der Waals surface area contributed by atoms with Gasteiger partial charge in [0.25, 0.3) is 0 Å². The van der Waals surface area contributed by atoms with Gasteiger partial charge in [-0.3, -0.25) is 0 Å². The minimum Gasteiger partial charge on any atom is -0.466 e. The highest BCUT2D eigenvalue weighted by Crippen LogP contribution is 2.05. The Balaban J connectivity index is 2.63. The van der Waals surface area contributed by atoms with Gasteiger partial charge in [-0.25, -0.2) is 14.4 Å². The molecule has 0 spiro atoms. The third-order valence-corrected chi connectivity index (χ3v) is 2.97. The van der Waals surface area contributed by atoms with Crippen LogP contribution in [-0.2, 0) is 30.2 Å². The van der Waals surface area contributed by atoms with Crippen LogP contribution >= 0.6 is 0 Å². The van der Waals surface area contributed by atoms with Crippen molar-refractivity contribution in [2.24, 2.45) is 0 Å². The number of methoxy groups -OCH3 is 1. The first-order chi connectivity index (χ1) is 11.9. The maximum Gasteiger partial charge on any atom is 0.407 e. The second-order valence-corrected chi connectivity index (χ2v) is 5.47. The van der Waals surface area contributed by atoms with E-state index in [0.29, 0.717) is 6.42 Å². The molecule has 0 saturated heterocycles. The van der Waals surface area contributed by atoms with E-state index in [2.05, 4.69) is 10.1 Å². The number of ether oxygens (including phenoxy) is 3. The fourth-order valence-corrected chi connectivity index (χ4v) is 1.90. The SMILES string of the molecule is COC(=O)/C=C/C(=O)OC[C@@H](Cc1ccccc1)NC(=O)OC(C)C. The summed E-state index contributed by atoms with van der Waals surface area (Å²) >= 11 is 0. The van der Waals surface area contributed by atoms with Gasteiger partial charge in [-0.05, 0) is 25.8 Å². The molecule has 0 aromatic heterocycles. The van der Waals surface area contributed by atoms with E-state index in [-0.39, 0.29) is 12.7 Å². The molecule has 0 fully saturated rings. The molecule has 0 saturated carbocycles. The number of amides is 1. The largest absolute Gasteiger partial charge is 0.466 e. The summed E-state index contributed by atoms with van der Waals surface area (Å²) < 4.78 is 14.5. The highest BCUT2D eigenvalue weighted by Gasteiger charge is 2.16. The average Bonchev–Trinajstić information content (AvgIpc) is 2.57. The standard InChI is InChI=1S/C18H23NO6/c1-13(2)25-18(22)19-15(11-14-7-5-4-6-8-14)12-24-17(21)10-9-16(20)23-3/h4-10,13,15H,11-12H2,1-3H3,(H,19,22)/b10-9+/t15-/m1/s1. The highest BCUT2D eigenvalue weighted by molar-refractivity contribution is 5.91. The van der Waals surface area contributed by atoms with Crippen LogP contribution in [0.25, 0.3) is 0 Å². The Hall–Kier alpha value is -2.83. The molecule has 1 aromatic carbocycles. The summed E-state index contributed by atoms with van der Waals surface area (Å²) in [6, 6.07) is 8.98. The number of nitrogens with one attached hydrogen (secondary N) is 1. The minimum absolute atomic E-state index is 0.0631. The second kappa shape index (κ2) is 10.9. The fourth-order valence-electron chi connectivity index (χ4n) is 1.90. The number of hydrogen-bond acceptors (Lipinski definition) is 6. The average molecular weight is 349 g/mol. The molecule has 1 N–H and O–H groups in total. The molecule has 0 unspecified atom stereocenters. The Morgan fingerprint density at radius 3 is 2.32 bits per heavy atom. The van der Waals surface area contributed by atoms with Crippen molar-refractivity contribution in [3.05, 3.63) is 48.0 Å². The van der Waals surface area contributed by atoms with Gasteiger partial charge in [-0.2, -0.15) is 0 Å². The molecule has 7 heteroatoms. The first-order valence-corrected chi connectivity index (χ1v) is 7.84. The smallest absolute Gasteiger partial charge is 0.407 e. The van der Waals surface area contributed by atoms with Crippen LogP contribution in [0.4, 0.5) is 4.79 Å². The lowest BCUT2D eigenvalue weighted by Gasteiger charge is -2.19. The van der Waals surface area contributed by atoms with Gasteiger partial charge in [0.2, 0.25) is 0 Å². The fraction of sp³-hybridized carbons (Fsp3) is 0.389. The first kappa shape index (κ1) is 20.2. The zero-order valence-electron chi connectivity index (χ0n) is 14.6. The number of esters is 2. The first-order valence-electron chi connectivity index (χ1n) is 7.84. The van der Waals surface area contributed by atoms with E-state index in [4.69, 9.17) is 9.47 Å². The van der Waals surface area contributed by atoms with E-state index < -0.39 is 24.1 Å². The number of carbonyl (C=O) groups is 3. The maximum absolute atomic E-state index is 11.8. The number of benzene rings is 1. The van der Waals surface area contributed by atoms with Crippen LogP contribution in [0, 0.1) is 0 Å². The van der Waals surface area contributed by atoms with Crippen molar-refractivity contribution in [3.63, 3.8) is 0 Å². The lowest BCUT2D eigenvalue weighted by Crippen LogP contribution is -2.41. The van der Waals surface area contributed by atoms with Gasteiger partial charge in [0.15, 0.2) is 0 Å². The van der Waals surface area contributed by atoms with Crippen molar-refractivity contribution in [1.29, 1.82) is 0 Å². The molecule has 136 valence electrons. The van der Waals surface area contributed by atoms with E-state index in [1.165, 1.54) is 7.11 Å². The molecule has 1 amide bonds. The molecule has 7 nitrogen and oxygen atoms in total. The van der Waals surface area contributed by atoms with Gasteiger partial charge in [-0.15, -0.1) is 0 Å². The molecule has 0 aliphatic carbocycles. The lowest BCUT2D eigenvalue weighted by atomic mass is 10.1. The third-order valence-electron chi connectivity index (χ3n) is 2.97. The topological polar surface area (TPSA) is 90.9 Å². The third kappa shape index (κ3) is 9.14. The maximum atomic E-state index is 11.8. The zero-order chi connectivity index (χ0) is 18.7. The summed E-state index contributed by atoms with van der Waals surface area (Å²) in [6.07, 6.45) is 1.55. The van der Waals surface area contributed by atoms with Gasteiger partial charge in [-0.1, -0.05) is 30.3 Å². The van der Waals surface area contributed by atoms with Crippen LogP contribution in [-0.4, -0.2) is 43.9 Å². The van der Waals surface area contributed by atoms with E-state index in [1.807, 2.05) is 30.3 Å². The summed E-state index contributed by atoms with van der Waals surface area (Å²) in [5.41, 5.74) is 0.971.